The van der Waals surface area contributed by atoms with Gasteiger partial charge in [-0.05, 0) is 37.2 Å². The van der Waals surface area contributed by atoms with Crippen LogP contribution in [0.1, 0.15) is 50.5 Å². The Kier molecular flexibility index (Phi) is 6.30. The van der Waals surface area contributed by atoms with E-state index in [1.165, 1.54) is 31.2 Å². The molecule has 5 heteroatoms. The van der Waals surface area contributed by atoms with Gasteiger partial charge in [-0.25, -0.2) is 0 Å². The van der Waals surface area contributed by atoms with E-state index in [1.54, 1.807) is 0 Å². The SMILES string of the molecule is O=C(CC1CCCC1)N1CCCN(C2CCN(Cc3ccccc3)C2=O)CC1. The summed E-state index contributed by atoms with van der Waals surface area (Å²) >= 11 is 0. The van der Waals surface area contributed by atoms with Crippen molar-refractivity contribution in [3.05, 3.63) is 35.9 Å². The molecule has 1 aromatic rings. The molecule has 2 amide bonds. The molecule has 0 spiro atoms. The van der Waals surface area contributed by atoms with E-state index in [4.69, 9.17) is 0 Å². The highest BCUT2D eigenvalue weighted by molar-refractivity contribution is 5.84. The molecule has 28 heavy (non-hydrogen) atoms. The highest BCUT2D eigenvalue weighted by Crippen LogP contribution is 2.28. The van der Waals surface area contributed by atoms with Gasteiger partial charge in [0.2, 0.25) is 11.8 Å². The first-order chi connectivity index (χ1) is 13.7. The van der Waals surface area contributed by atoms with E-state index in [0.717, 1.165) is 52.0 Å². The molecule has 1 unspecified atom stereocenters. The summed E-state index contributed by atoms with van der Waals surface area (Å²) in [6, 6.07) is 10.2. The summed E-state index contributed by atoms with van der Waals surface area (Å²) in [5.74, 6) is 1.20. The van der Waals surface area contributed by atoms with Crippen molar-refractivity contribution in [2.24, 2.45) is 5.92 Å². The minimum Gasteiger partial charge on any atom is -0.341 e. The molecule has 3 aliphatic rings. The fraction of sp³-hybridized carbons (Fsp3) is 0.652. The van der Waals surface area contributed by atoms with E-state index in [1.807, 2.05) is 23.1 Å². The van der Waals surface area contributed by atoms with Gasteiger partial charge in [0.15, 0.2) is 0 Å². The van der Waals surface area contributed by atoms with Crippen LogP contribution in [-0.2, 0) is 16.1 Å². The van der Waals surface area contributed by atoms with Crippen LogP contribution in [0.3, 0.4) is 0 Å². The molecule has 5 nitrogen and oxygen atoms in total. The van der Waals surface area contributed by atoms with Gasteiger partial charge in [-0.1, -0.05) is 43.2 Å². The molecule has 0 N–H and O–H groups in total. The van der Waals surface area contributed by atoms with Crippen LogP contribution < -0.4 is 0 Å². The predicted molar refractivity (Wildman–Crippen MR) is 110 cm³/mol. The first-order valence-electron chi connectivity index (χ1n) is 11.1. The second-order valence-corrected chi connectivity index (χ2v) is 8.67. The van der Waals surface area contributed by atoms with Crippen molar-refractivity contribution >= 4 is 11.8 Å². The van der Waals surface area contributed by atoms with Crippen LogP contribution in [0.2, 0.25) is 0 Å². The second-order valence-electron chi connectivity index (χ2n) is 8.67. The molecule has 0 aromatic heterocycles. The Labute approximate surface area is 168 Å². The third kappa shape index (κ3) is 4.57. The van der Waals surface area contributed by atoms with Gasteiger partial charge in [-0.3, -0.25) is 14.5 Å². The molecule has 152 valence electrons. The van der Waals surface area contributed by atoms with Gasteiger partial charge >= 0.3 is 0 Å². The van der Waals surface area contributed by atoms with E-state index in [0.29, 0.717) is 18.4 Å². The molecule has 1 saturated carbocycles. The zero-order chi connectivity index (χ0) is 19.3. The average molecular weight is 384 g/mol. The first kappa shape index (κ1) is 19.4. The van der Waals surface area contributed by atoms with Gasteiger partial charge in [0, 0.05) is 45.7 Å². The molecule has 1 aromatic carbocycles. The average Bonchev–Trinajstić information content (AvgIpc) is 3.26. The normalized spacial score (nSPS) is 24.7. The standard InChI is InChI=1S/C23H33N3O2/c27-22(17-19-7-4-5-8-19)25-13-6-12-24(15-16-25)21-11-14-26(23(21)28)18-20-9-2-1-3-10-20/h1-3,9-10,19,21H,4-8,11-18H2. The van der Waals surface area contributed by atoms with Crippen LogP contribution in [-0.4, -0.2) is 65.3 Å². The number of nitrogens with zero attached hydrogens (tertiary/aromatic N) is 3. The molecule has 4 rings (SSSR count). The zero-order valence-electron chi connectivity index (χ0n) is 16.9. The van der Waals surface area contributed by atoms with Gasteiger partial charge in [0.05, 0.1) is 6.04 Å². The summed E-state index contributed by atoms with van der Waals surface area (Å²) in [5.41, 5.74) is 1.19. The number of likely N-dealkylation sites (tertiary alicyclic amines) is 1. The van der Waals surface area contributed by atoms with Gasteiger partial charge in [0.1, 0.15) is 0 Å². The molecule has 2 aliphatic heterocycles. The molecular formula is C23H33N3O2. The molecule has 1 aliphatic carbocycles. The smallest absolute Gasteiger partial charge is 0.240 e. The van der Waals surface area contributed by atoms with Crippen LogP contribution in [0.4, 0.5) is 0 Å². The molecule has 0 bridgehead atoms. The summed E-state index contributed by atoms with van der Waals surface area (Å²) in [6.07, 6.45) is 7.62. The van der Waals surface area contributed by atoms with E-state index < -0.39 is 0 Å². The maximum atomic E-state index is 13.0. The Balaban J connectivity index is 1.29. The lowest BCUT2D eigenvalue weighted by Crippen LogP contribution is -2.44. The molecule has 1 atom stereocenters. The van der Waals surface area contributed by atoms with Crippen LogP contribution in [0.15, 0.2) is 30.3 Å². The summed E-state index contributed by atoms with van der Waals surface area (Å²) in [4.78, 5) is 32.0. The summed E-state index contributed by atoms with van der Waals surface area (Å²) in [5, 5.41) is 0. The monoisotopic (exact) mass is 383 g/mol. The largest absolute Gasteiger partial charge is 0.341 e. The predicted octanol–water partition coefficient (Wildman–Crippen LogP) is 2.90. The summed E-state index contributed by atoms with van der Waals surface area (Å²) < 4.78 is 0. The van der Waals surface area contributed by atoms with Gasteiger partial charge in [-0.2, -0.15) is 0 Å². The topological polar surface area (TPSA) is 43.9 Å². The molecule has 2 heterocycles. The lowest BCUT2D eigenvalue weighted by atomic mass is 10.0. The van der Waals surface area contributed by atoms with E-state index in [9.17, 15) is 9.59 Å². The fourth-order valence-electron chi connectivity index (χ4n) is 5.11. The van der Waals surface area contributed by atoms with Crippen molar-refractivity contribution in [2.75, 3.05) is 32.7 Å². The number of carbonyl (C=O) groups is 2. The Morgan fingerprint density at radius 1 is 0.893 bits per heavy atom. The zero-order valence-corrected chi connectivity index (χ0v) is 16.9. The highest BCUT2D eigenvalue weighted by atomic mass is 16.2. The van der Waals surface area contributed by atoms with Crippen molar-refractivity contribution < 1.29 is 9.59 Å². The first-order valence-corrected chi connectivity index (χ1v) is 11.1. The van der Waals surface area contributed by atoms with E-state index in [-0.39, 0.29) is 11.9 Å². The highest BCUT2D eigenvalue weighted by Gasteiger charge is 2.36. The quantitative estimate of drug-likeness (QED) is 0.785. The van der Waals surface area contributed by atoms with Crippen LogP contribution in [0.5, 0.6) is 0 Å². The third-order valence-electron chi connectivity index (χ3n) is 6.75. The molecule has 2 saturated heterocycles. The van der Waals surface area contributed by atoms with E-state index in [2.05, 4.69) is 21.9 Å². The fourth-order valence-corrected chi connectivity index (χ4v) is 5.11. The molecule has 0 radical (unpaired) electrons. The van der Waals surface area contributed by atoms with Gasteiger partial charge < -0.3 is 9.80 Å². The van der Waals surface area contributed by atoms with Crippen molar-refractivity contribution in [3.8, 4) is 0 Å². The summed E-state index contributed by atoms with van der Waals surface area (Å²) in [7, 11) is 0. The number of amides is 2. The van der Waals surface area contributed by atoms with Crippen LogP contribution in [0, 0.1) is 5.92 Å². The Hall–Kier alpha value is -1.88. The van der Waals surface area contributed by atoms with Crippen LogP contribution in [0.25, 0.3) is 0 Å². The number of carbonyl (C=O) groups excluding carboxylic acids is 2. The van der Waals surface area contributed by atoms with Crippen molar-refractivity contribution in [3.63, 3.8) is 0 Å². The van der Waals surface area contributed by atoms with Crippen molar-refractivity contribution in [2.45, 2.75) is 57.5 Å². The lowest BCUT2D eigenvalue weighted by molar-refractivity contribution is -0.132. The number of benzene rings is 1. The van der Waals surface area contributed by atoms with Crippen LogP contribution >= 0.6 is 0 Å². The summed E-state index contributed by atoms with van der Waals surface area (Å²) in [6.45, 7) is 4.90. The number of rotatable bonds is 5. The Morgan fingerprint density at radius 2 is 1.68 bits per heavy atom. The number of hydrogen-bond acceptors (Lipinski definition) is 3. The van der Waals surface area contributed by atoms with Crippen molar-refractivity contribution in [1.29, 1.82) is 0 Å². The number of hydrogen-bond donors (Lipinski definition) is 0. The second kappa shape index (κ2) is 9.08. The molecular weight excluding hydrogens is 350 g/mol. The minimum atomic E-state index is -0.00593. The maximum Gasteiger partial charge on any atom is 0.240 e. The lowest BCUT2D eigenvalue weighted by Gasteiger charge is -2.27. The van der Waals surface area contributed by atoms with E-state index >= 15 is 0 Å². The Bertz CT molecular complexity index is 672. The maximum absolute atomic E-state index is 13.0. The Morgan fingerprint density at radius 3 is 2.46 bits per heavy atom. The van der Waals surface area contributed by atoms with Crippen molar-refractivity contribution in [1.82, 2.24) is 14.7 Å². The third-order valence-corrected chi connectivity index (χ3v) is 6.75. The van der Waals surface area contributed by atoms with Gasteiger partial charge in [0.25, 0.3) is 0 Å². The van der Waals surface area contributed by atoms with Gasteiger partial charge in [-0.15, -0.1) is 0 Å². The molecule has 3 fully saturated rings. The minimum absolute atomic E-state index is 0.00593.